The molecule has 4 atom stereocenters. The summed E-state index contributed by atoms with van der Waals surface area (Å²) in [7, 11) is 0. The van der Waals surface area contributed by atoms with Crippen molar-refractivity contribution < 1.29 is 4.79 Å². The highest BCUT2D eigenvalue weighted by Gasteiger charge is 2.44. The van der Waals surface area contributed by atoms with Crippen LogP contribution in [-0.2, 0) is 4.79 Å². The van der Waals surface area contributed by atoms with Crippen molar-refractivity contribution in [2.75, 3.05) is 0 Å². The predicted octanol–water partition coefficient (Wildman–Crippen LogP) is 3.15. The maximum absolute atomic E-state index is 12.6. The standard InChI is InChI=1S/C15H22N2OS/c1-3-12-15(18)17(11-7-6-10(2)9-11)14(16-12)13-5-4-8-19-13/h4-5,8,10-12,14,16H,3,6-7,9H2,1-2H3. The number of hydrogen-bond donors (Lipinski definition) is 1. The zero-order valence-electron chi connectivity index (χ0n) is 11.6. The normalized spacial score (nSPS) is 35.3. The first kappa shape index (κ1) is 13.1. The van der Waals surface area contributed by atoms with Crippen molar-refractivity contribution in [1.29, 1.82) is 0 Å². The molecule has 0 spiro atoms. The molecule has 1 aromatic rings. The fourth-order valence-electron chi connectivity index (χ4n) is 3.43. The van der Waals surface area contributed by atoms with E-state index in [-0.39, 0.29) is 12.2 Å². The Morgan fingerprint density at radius 3 is 2.89 bits per heavy atom. The molecule has 19 heavy (non-hydrogen) atoms. The smallest absolute Gasteiger partial charge is 0.241 e. The monoisotopic (exact) mass is 278 g/mol. The second-order valence-corrected chi connectivity index (χ2v) is 6.84. The molecule has 3 nitrogen and oxygen atoms in total. The quantitative estimate of drug-likeness (QED) is 0.921. The van der Waals surface area contributed by atoms with Crippen LogP contribution in [0, 0.1) is 5.92 Å². The van der Waals surface area contributed by atoms with Gasteiger partial charge < -0.3 is 4.90 Å². The largest absolute Gasteiger partial charge is 0.318 e. The van der Waals surface area contributed by atoms with Gasteiger partial charge in [0.1, 0.15) is 6.17 Å². The number of hydrogen-bond acceptors (Lipinski definition) is 3. The van der Waals surface area contributed by atoms with E-state index < -0.39 is 0 Å². The van der Waals surface area contributed by atoms with E-state index in [0.29, 0.717) is 11.9 Å². The number of carbonyl (C=O) groups is 1. The Hall–Kier alpha value is -0.870. The summed E-state index contributed by atoms with van der Waals surface area (Å²) in [4.78, 5) is 16.0. The number of amides is 1. The van der Waals surface area contributed by atoms with E-state index in [1.807, 2.05) is 0 Å². The maximum Gasteiger partial charge on any atom is 0.241 e. The van der Waals surface area contributed by atoms with E-state index in [4.69, 9.17) is 0 Å². The predicted molar refractivity (Wildman–Crippen MR) is 77.9 cm³/mol. The van der Waals surface area contributed by atoms with Crippen molar-refractivity contribution in [2.45, 2.75) is 57.8 Å². The third-order valence-electron chi connectivity index (χ3n) is 4.47. The molecule has 1 aliphatic heterocycles. The van der Waals surface area contributed by atoms with Crippen LogP contribution in [0.5, 0.6) is 0 Å². The van der Waals surface area contributed by atoms with Crippen LogP contribution in [0.2, 0.25) is 0 Å². The van der Waals surface area contributed by atoms with E-state index in [0.717, 1.165) is 25.2 Å². The van der Waals surface area contributed by atoms with Gasteiger partial charge in [-0.1, -0.05) is 19.9 Å². The molecule has 104 valence electrons. The Labute approximate surface area is 119 Å². The van der Waals surface area contributed by atoms with E-state index in [2.05, 4.69) is 41.6 Å². The SMILES string of the molecule is CCC1NC(c2cccs2)N(C2CCC(C)C2)C1=O. The van der Waals surface area contributed by atoms with E-state index in [1.54, 1.807) is 11.3 Å². The molecule has 0 aromatic carbocycles. The molecule has 1 saturated carbocycles. The van der Waals surface area contributed by atoms with E-state index >= 15 is 0 Å². The number of thiophene rings is 1. The van der Waals surface area contributed by atoms with Crippen LogP contribution in [0.1, 0.15) is 50.6 Å². The van der Waals surface area contributed by atoms with Crippen LogP contribution >= 0.6 is 11.3 Å². The molecule has 4 heteroatoms. The van der Waals surface area contributed by atoms with Gasteiger partial charge in [0.15, 0.2) is 0 Å². The van der Waals surface area contributed by atoms with E-state index in [9.17, 15) is 4.79 Å². The summed E-state index contributed by atoms with van der Waals surface area (Å²) in [6.07, 6.45) is 4.55. The first-order valence-corrected chi connectivity index (χ1v) is 8.20. The fourth-order valence-corrected chi connectivity index (χ4v) is 4.21. The zero-order chi connectivity index (χ0) is 13.4. The second-order valence-electron chi connectivity index (χ2n) is 5.86. The first-order chi connectivity index (χ1) is 9.20. The number of nitrogens with one attached hydrogen (secondary N) is 1. The van der Waals surface area contributed by atoms with Gasteiger partial charge in [-0.3, -0.25) is 10.1 Å². The molecular weight excluding hydrogens is 256 g/mol. The molecule has 1 saturated heterocycles. The lowest BCUT2D eigenvalue weighted by atomic mass is 10.1. The van der Waals surface area contributed by atoms with Crippen LogP contribution < -0.4 is 5.32 Å². The lowest BCUT2D eigenvalue weighted by Crippen LogP contribution is -2.38. The van der Waals surface area contributed by atoms with Crippen LogP contribution in [-0.4, -0.2) is 22.9 Å². The van der Waals surface area contributed by atoms with Crippen molar-refractivity contribution >= 4 is 17.2 Å². The Morgan fingerprint density at radius 1 is 1.47 bits per heavy atom. The summed E-state index contributed by atoms with van der Waals surface area (Å²) in [5.41, 5.74) is 0. The highest BCUT2D eigenvalue weighted by Crippen LogP contribution is 2.38. The molecule has 2 heterocycles. The summed E-state index contributed by atoms with van der Waals surface area (Å²) >= 11 is 1.74. The molecule has 0 radical (unpaired) electrons. The number of carbonyl (C=O) groups excluding carboxylic acids is 1. The topological polar surface area (TPSA) is 32.3 Å². The lowest BCUT2D eigenvalue weighted by Gasteiger charge is -2.29. The lowest BCUT2D eigenvalue weighted by molar-refractivity contribution is -0.132. The average molecular weight is 278 g/mol. The maximum atomic E-state index is 12.6. The fraction of sp³-hybridized carbons (Fsp3) is 0.667. The van der Waals surface area contributed by atoms with Crippen molar-refractivity contribution in [2.24, 2.45) is 5.92 Å². The van der Waals surface area contributed by atoms with Crippen LogP contribution in [0.4, 0.5) is 0 Å². The van der Waals surface area contributed by atoms with Gasteiger partial charge in [0.25, 0.3) is 0 Å². The molecule has 1 amide bonds. The van der Waals surface area contributed by atoms with Crippen LogP contribution in [0.3, 0.4) is 0 Å². The third kappa shape index (κ3) is 2.32. The van der Waals surface area contributed by atoms with E-state index in [1.165, 1.54) is 11.3 Å². The number of nitrogens with zero attached hydrogens (tertiary/aromatic N) is 1. The second kappa shape index (κ2) is 5.25. The Kier molecular flexibility index (Phi) is 3.63. The van der Waals surface area contributed by atoms with Gasteiger partial charge >= 0.3 is 0 Å². The highest BCUT2D eigenvalue weighted by molar-refractivity contribution is 7.10. The van der Waals surface area contributed by atoms with Gasteiger partial charge in [-0.25, -0.2) is 0 Å². The zero-order valence-corrected chi connectivity index (χ0v) is 12.5. The molecular formula is C15H22N2OS. The summed E-state index contributed by atoms with van der Waals surface area (Å²) in [6, 6.07) is 4.64. The number of rotatable bonds is 3. The molecule has 0 bridgehead atoms. The Balaban J connectivity index is 1.86. The molecule has 1 N–H and O–H groups in total. The summed E-state index contributed by atoms with van der Waals surface area (Å²) in [6.45, 7) is 4.38. The highest BCUT2D eigenvalue weighted by atomic mass is 32.1. The van der Waals surface area contributed by atoms with Crippen molar-refractivity contribution in [3.05, 3.63) is 22.4 Å². The third-order valence-corrected chi connectivity index (χ3v) is 5.40. The minimum absolute atomic E-state index is 0.00278. The van der Waals surface area contributed by atoms with Gasteiger partial charge in [-0.2, -0.15) is 0 Å². The van der Waals surface area contributed by atoms with Crippen molar-refractivity contribution in [3.8, 4) is 0 Å². The minimum Gasteiger partial charge on any atom is -0.318 e. The van der Waals surface area contributed by atoms with Gasteiger partial charge in [0.05, 0.1) is 6.04 Å². The summed E-state index contributed by atoms with van der Waals surface area (Å²) in [5, 5.41) is 5.61. The van der Waals surface area contributed by atoms with Crippen LogP contribution in [0.15, 0.2) is 17.5 Å². The van der Waals surface area contributed by atoms with Gasteiger partial charge in [0, 0.05) is 10.9 Å². The van der Waals surface area contributed by atoms with Gasteiger partial charge in [-0.15, -0.1) is 11.3 Å². The minimum atomic E-state index is 0.00278. The van der Waals surface area contributed by atoms with Gasteiger partial charge in [-0.05, 0) is 43.0 Å². The summed E-state index contributed by atoms with van der Waals surface area (Å²) < 4.78 is 0. The van der Waals surface area contributed by atoms with Gasteiger partial charge in [0.2, 0.25) is 5.91 Å². The van der Waals surface area contributed by atoms with Crippen molar-refractivity contribution in [3.63, 3.8) is 0 Å². The molecule has 3 rings (SSSR count). The average Bonchev–Trinajstić information content (AvgIpc) is 3.08. The van der Waals surface area contributed by atoms with Crippen molar-refractivity contribution in [1.82, 2.24) is 10.2 Å². The Morgan fingerprint density at radius 2 is 2.32 bits per heavy atom. The molecule has 2 aliphatic rings. The molecule has 4 unspecified atom stereocenters. The Bertz CT molecular complexity index is 445. The molecule has 2 fully saturated rings. The first-order valence-electron chi connectivity index (χ1n) is 7.32. The molecule has 1 aliphatic carbocycles. The van der Waals surface area contributed by atoms with Crippen LogP contribution in [0.25, 0.3) is 0 Å². The summed E-state index contributed by atoms with van der Waals surface area (Å²) in [5.74, 6) is 1.06. The molecule has 1 aromatic heterocycles.